The number of benzene rings is 1. The Morgan fingerprint density at radius 3 is 1.95 bits per heavy atom. The maximum atomic E-state index is 6.53. The molecular formula is C17H29NO2. The predicted octanol–water partition coefficient (Wildman–Crippen LogP) is 4.23. The molecule has 1 aromatic carbocycles. The molecule has 0 saturated carbocycles. The van der Waals surface area contributed by atoms with Crippen molar-refractivity contribution >= 4 is 0 Å². The highest BCUT2D eigenvalue weighted by molar-refractivity contribution is 5.48. The standard InChI is InChI=1S/C17H29NO2/c1-6-8-13(9-7-2)17(18)14-11-16(20-5)15(19-4)10-12(14)3/h10-11,13,17H,6-9,18H2,1-5H3. The third-order valence-corrected chi connectivity index (χ3v) is 3.96. The van der Waals surface area contributed by atoms with Crippen molar-refractivity contribution in [3.05, 3.63) is 23.3 Å². The normalized spacial score (nSPS) is 12.6. The Kier molecular flexibility index (Phi) is 6.86. The molecule has 0 radical (unpaired) electrons. The molecule has 1 unspecified atom stereocenters. The minimum absolute atomic E-state index is 0.0645. The SMILES string of the molecule is CCCC(CCC)C(N)c1cc(OC)c(OC)cc1C. The molecule has 0 fully saturated rings. The number of hydrogen-bond acceptors (Lipinski definition) is 3. The summed E-state index contributed by atoms with van der Waals surface area (Å²) < 4.78 is 10.7. The van der Waals surface area contributed by atoms with Gasteiger partial charge in [-0.2, -0.15) is 0 Å². The van der Waals surface area contributed by atoms with Crippen LogP contribution in [0.3, 0.4) is 0 Å². The third-order valence-electron chi connectivity index (χ3n) is 3.96. The van der Waals surface area contributed by atoms with E-state index in [1.807, 2.05) is 12.1 Å². The highest BCUT2D eigenvalue weighted by Gasteiger charge is 2.21. The van der Waals surface area contributed by atoms with E-state index in [1.54, 1.807) is 14.2 Å². The van der Waals surface area contributed by atoms with E-state index in [0.29, 0.717) is 5.92 Å². The fraction of sp³-hybridized carbons (Fsp3) is 0.647. The quantitative estimate of drug-likeness (QED) is 0.774. The van der Waals surface area contributed by atoms with E-state index < -0.39 is 0 Å². The number of ether oxygens (including phenoxy) is 2. The molecule has 1 atom stereocenters. The zero-order valence-corrected chi connectivity index (χ0v) is 13.5. The summed E-state index contributed by atoms with van der Waals surface area (Å²) in [6.45, 7) is 6.53. The lowest BCUT2D eigenvalue weighted by molar-refractivity contribution is 0.347. The number of hydrogen-bond donors (Lipinski definition) is 1. The van der Waals surface area contributed by atoms with Crippen molar-refractivity contribution in [1.29, 1.82) is 0 Å². The highest BCUT2D eigenvalue weighted by atomic mass is 16.5. The Morgan fingerprint density at radius 2 is 1.50 bits per heavy atom. The molecular weight excluding hydrogens is 250 g/mol. The molecule has 0 saturated heterocycles. The topological polar surface area (TPSA) is 44.5 Å². The molecule has 1 rings (SSSR count). The first kappa shape index (κ1) is 16.8. The minimum Gasteiger partial charge on any atom is -0.493 e. The molecule has 0 amide bonds. The number of methoxy groups -OCH3 is 2. The van der Waals surface area contributed by atoms with Crippen molar-refractivity contribution < 1.29 is 9.47 Å². The summed E-state index contributed by atoms with van der Waals surface area (Å²) in [4.78, 5) is 0. The summed E-state index contributed by atoms with van der Waals surface area (Å²) in [7, 11) is 3.33. The van der Waals surface area contributed by atoms with Gasteiger partial charge < -0.3 is 15.2 Å². The lowest BCUT2D eigenvalue weighted by atomic mass is 9.85. The molecule has 114 valence electrons. The van der Waals surface area contributed by atoms with Crippen LogP contribution in [0.1, 0.15) is 56.7 Å². The molecule has 0 aliphatic carbocycles. The van der Waals surface area contributed by atoms with Crippen LogP contribution in [0.2, 0.25) is 0 Å². The van der Waals surface area contributed by atoms with E-state index >= 15 is 0 Å². The van der Waals surface area contributed by atoms with E-state index in [9.17, 15) is 0 Å². The summed E-state index contributed by atoms with van der Waals surface area (Å²) in [5.41, 5.74) is 8.88. The van der Waals surface area contributed by atoms with Gasteiger partial charge in [-0.15, -0.1) is 0 Å². The largest absolute Gasteiger partial charge is 0.493 e. The minimum atomic E-state index is 0.0645. The summed E-state index contributed by atoms with van der Waals surface area (Å²) >= 11 is 0. The average Bonchev–Trinajstić information content (AvgIpc) is 2.46. The first-order valence-corrected chi connectivity index (χ1v) is 7.57. The van der Waals surface area contributed by atoms with Crippen LogP contribution in [0.15, 0.2) is 12.1 Å². The van der Waals surface area contributed by atoms with Gasteiger partial charge in [0.15, 0.2) is 11.5 Å². The molecule has 2 N–H and O–H groups in total. The molecule has 0 spiro atoms. The first-order chi connectivity index (χ1) is 9.58. The first-order valence-electron chi connectivity index (χ1n) is 7.57. The van der Waals surface area contributed by atoms with Gasteiger partial charge in [0.25, 0.3) is 0 Å². The van der Waals surface area contributed by atoms with E-state index in [1.165, 1.54) is 36.8 Å². The lowest BCUT2D eigenvalue weighted by Gasteiger charge is -2.26. The Morgan fingerprint density at radius 1 is 1.00 bits per heavy atom. The lowest BCUT2D eigenvalue weighted by Crippen LogP contribution is -2.22. The van der Waals surface area contributed by atoms with Crippen molar-refractivity contribution in [1.82, 2.24) is 0 Å². The van der Waals surface area contributed by atoms with Gasteiger partial charge in [0.1, 0.15) is 0 Å². The van der Waals surface area contributed by atoms with Crippen LogP contribution in [-0.4, -0.2) is 14.2 Å². The molecule has 1 aromatic rings. The zero-order chi connectivity index (χ0) is 15.1. The van der Waals surface area contributed by atoms with Crippen LogP contribution >= 0.6 is 0 Å². The van der Waals surface area contributed by atoms with Crippen LogP contribution in [0.4, 0.5) is 0 Å². The van der Waals surface area contributed by atoms with Crippen molar-refractivity contribution in [3.8, 4) is 11.5 Å². The van der Waals surface area contributed by atoms with Crippen LogP contribution < -0.4 is 15.2 Å². The van der Waals surface area contributed by atoms with E-state index in [0.717, 1.165) is 11.5 Å². The Balaban J connectivity index is 3.09. The van der Waals surface area contributed by atoms with Gasteiger partial charge in [-0.1, -0.05) is 26.7 Å². The number of rotatable bonds is 8. The van der Waals surface area contributed by atoms with Crippen molar-refractivity contribution in [3.63, 3.8) is 0 Å². The maximum Gasteiger partial charge on any atom is 0.161 e. The van der Waals surface area contributed by atoms with Crippen molar-refractivity contribution in [2.75, 3.05) is 14.2 Å². The molecule has 0 aromatic heterocycles. The Bertz CT molecular complexity index is 412. The molecule has 20 heavy (non-hydrogen) atoms. The van der Waals surface area contributed by atoms with Gasteiger partial charge in [-0.3, -0.25) is 0 Å². The molecule has 0 aliphatic heterocycles. The van der Waals surface area contributed by atoms with Crippen LogP contribution in [0, 0.1) is 12.8 Å². The fourth-order valence-corrected chi connectivity index (χ4v) is 2.85. The molecule has 0 heterocycles. The summed E-state index contributed by atoms with van der Waals surface area (Å²) in [5, 5.41) is 0. The average molecular weight is 279 g/mol. The second-order valence-corrected chi connectivity index (χ2v) is 5.43. The van der Waals surface area contributed by atoms with Gasteiger partial charge in [0, 0.05) is 6.04 Å². The van der Waals surface area contributed by atoms with Crippen LogP contribution in [0.25, 0.3) is 0 Å². The number of aryl methyl sites for hydroxylation is 1. The molecule has 3 heteroatoms. The number of nitrogens with two attached hydrogens (primary N) is 1. The van der Waals surface area contributed by atoms with Gasteiger partial charge in [0.2, 0.25) is 0 Å². The smallest absolute Gasteiger partial charge is 0.161 e. The molecule has 0 aliphatic rings. The van der Waals surface area contributed by atoms with Gasteiger partial charge in [-0.25, -0.2) is 0 Å². The predicted molar refractivity (Wildman–Crippen MR) is 84.5 cm³/mol. The zero-order valence-electron chi connectivity index (χ0n) is 13.5. The second kappa shape index (κ2) is 8.15. The second-order valence-electron chi connectivity index (χ2n) is 5.43. The third kappa shape index (κ3) is 3.89. The van der Waals surface area contributed by atoms with Crippen molar-refractivity contribution in [2.24, 2.45) is 11.7 Å². The van der Waals surface area contributed by atoms with E-state index in [4.69, 9.17) is 15.2 Å². The maximum absolute atomic E-state index is 6.53. The van der Waals surface area contributed by atoms with Crippen LogP contribution in [-0.2, 0) is 0 Å². The summed E-state index contributed by atoms with van der Waals surface area (Å²) in [6, 6.07) is 4.12. The summed E-state index contributed by atoms with van der Waals surface area (Å²) in [6.07, 6.45) is 4.68. The monoisotopic (exact) mass is 279 g/mol. The molecule has 3 nitrogen and oxygen atoms in total. The highest BCUT2D eigenvalue weighted by Crippen LogP contribution is 2.36. The van der Waals surface area contributed by atoms with Gasteiger partial charge in [-0.05, 0) is 48.9 Å². The Labute approximate surface area is 123 Å². The van der Waals surface area contributed by atoms with Gasteiger partial charge in [0.05, 0.1) is 14.2 Å². The van der Waals surface area contributed by atoms with E-state index in [2.05, 4.69) is 20.8 Å². The fourth-order valence-electron chi connectivity index (χ4n) is 2.85. The van der Waals surface area contributed by atoms with Gasteiger partial charge >= 0.3 is 0 Å². The van der Waals surface area contributed by atoms with Crippen LogP contribution in [0.5, 0.6) is 11.5 Å². The van der Waals surface area contributed by atoms with E-state index in [-0.39, 0.29) is 6.04 Å². The summed E-state index contributed by atoms with van der Waals surface area (Å²) in [5.74, 6) is 2.06. The molecule has 0 bridgehead atoms. The van der Waals surface area contributed by atoms with Crippen molar-refractivity contribution in [2.45, 2.75) is 52.5 Å². The Hall–Kier alpha value is -1.22.